The van der Waals surface area contributed by atoms with Crippen molar-refractivity contribution in [1.29, 1.82) is 0 Å². The Bertz CT molecular complexity index is 1460. The Hall–Kier alpha value is -2.75. The minimum absolute atomic E-state index is 0.163. The van der Waals surface area contributed by atoms with Crippen molar-refractivity contribution in [3.63, 3.8) is 0 Å². The van der Waals surface area contributed by atoms with Crippen molar-refractivity contribution in [2.24, 2.45) is 11.8 Å². The highest BCUT2D eigenvalue weighted by Gasteiger charge is 2.42. The topological polar surface area (TPSA) is 97.8 Å². The van der Waals surface area contributed by atoms with Gasteiger partial charge in [0, 0.05) is 11.7 Å². The number of nitrogen functional groups attached to an aromatic ring is 1. The number of benzene rings is 1. The van der Waals surface area contributed by atoms with Gasteiger partial charge in [0.25, 0.3) is 0 Å². The summed E-state index contributed by atoms with van der Waals surface area (Å²) < 4.78 is 2.42. The lowest BCUT2D eigenvalue weighted by Gasteiger charge is -2.32. The van der Waals surface area contributed by atoms with Crippen LogP contribution < -0.4 is 11.1 Å². The fourth-order valence-electron chi connectivity index (χ4n) is 6.69. The lowest BCUT2D eigenvalue weighted by molar-refractivity contribution is 0.159. The van der Waals surface area contributed by atoms with Gasteiger partial charge in [-0.15, -0.1) is 16.4 Å². The van der Waals surface area contributed by atoms with Crippen LogP contribution in [0, 0.1) is 18.8 Å². The number of aromatic nitrogens is 5. The number of fused-ring (bicyclic) bond motifs is 4. The highest BCUT2D eigenvalue weighted by Crippen LogP contribution is 2.44. The zero-order valence-corrected chi connectivity index (χ0v) is 21.8. The van der Waals surface area contributed by atoms with Crippen LogP contribution >= 0.6 is 22.9 Å². The Morgan fingerprint density at radius 1 is 1.06 bits per heavy atom. The normalized spacial score (nSPS) is 23.8. The molecule has 1 aliphatic heterocycles. The van der Waals surface area contributed by atoms with E-state index in [1.54, 1.807) is 11.3 Å². The third kappa shape index (κ3) is 3.76. The maximum Gasteiger partial charge on any atom is 0.248 e. The molecule has 1 saturated heterocycles. The van der Waals surface area contributed by atoms with E-state index in [0.717, 1.165) is 45.8 Å². The predicted octanol–water partition coefficient (Wildman–Crippen LogP) is 5.15. The fraction of sp³-hybridized carbons (Fsp3) is 0.462. The maximum atomic E-state index is 6.27. The second-order valence-electron chi connectivity index (χ2n) is 10.5. The minimum Gasteiger partial charge on any atom is -0.368 e. The molecule has 0 radical (unpaired) electrons. The van der Waals surface area contributed by atoms with E-state index in [9.17, 15) is 0 Å². The van der Waals surface area contributed by atoms with E-state index in [1.165, 1.54) is 61.0 Å². The highest BCUT2D eigenvalue weighted by molar-refractivity contribution is 7.17. The van der Waals surface area contributed by atoms with Crippen LogP contribution in [0.2, 0.25) is 5.28 Å². The van der Waals surface area contributed by atoms with Crippen molar-refractivity contribution >= 4 is 50.7 Å². The van der Waals surface area contributed by atoms with E-state index in [0.29, 0.717) is 11.8 Å². The fourth-order valence-corrected chi connectivity index (χ4v) is 7.82. The van der Waals surface area contributed by atoms with E-state index >= 15 is 0 Å². The van der Waals surface area contributed by atoms with Crippen LogP contribution in [0.4, 0.5) is 17.6 Å². The standard InChI is InChI=1S/C26H29ClN8S/c1-14-13-36-22-20(14)30-24(27)31-23(22)35-25(28)32-26(33-35)29-19-7-6-15-10-16-4-5-17(11-18(15)12-19)21(16)34-8-2-3-9-34/h6-7,12-13,16-17,21H,2-5,8-11H2,1H3,(H3,28,29,32,33). The van der Waals surface area contributed by atoms with Gasteiger partial charge in [0.15, 0.2) is 5.82 Å². The third-order valence-corrected chi connectivity index (χ3v) is 9.50. The Balaban J connectivity index is 1.16. The second kappa shape index (κ2) is 8.68. The summed E-state index contributed by atoms with van der Waals surface area (Å²) in [7, 11) is 0. The van der Waals surface area contributed by atoms with Gasteiger partial charge in [-0.05, 0) is 116 Å². The zero-order valence-electron chi connectivity index (χ0n) is 20.2. The number of aryl methyl sites for hydroxylation is 1. The molecule has 3 aromatic heterocycles. The number of nitrogens with two attached hydrogens (primary N) is 1. The summed E-state index contributed by atoms with van der Waals surface area (Å²) in [4.78, 5) is 16.0. The van der Waals surface area contributed by atoms with Crippen molar-refractivity contribution in [2.45, 2.75) is 51.5 Å². The molecule has 1 saturated carbocycles. The molecule has 186 valence electrons. The summed E-state index contributed by atoms with van der Waals surface area (Å²) in [6.45, 7) is 4.57. The SMILES string of the molecule is Cc1csc2c(-n3nc(Nc4ccc5c(c4)CC4CCC(C5)C4N4CCCC4)nc3N)nc(Cl)nc12. The number of nitrogens with one attached hydrogen (secondary N) is 1. The first kappa shape index (κ1) is 22.4. The van der Waals surface area contributed by atoms with Crippen LogP contribution in [0.15, 0.2) is 23.6 Å². The summed E-state index contributed by atoms with van der Waals surface area (Å²) in [6.07, 6.45) is 7.79. The molecule has 4 aromatic rings. The molecular weight excluding hydrogens is 492 g/mol. The number of thiophene rings is 1. The molecule has 8 nitrogen and oxygen atoms in total. The Kier molecular flexibility index (Phi) is 5.41. The monoisotopic (exact) mass is 520 g/mol. The zero-order chi connectivity index (χ0) is 24.4. The van der Waals surface area contributed by atoms with E-state index in [2.05, 4.69) is 48.5 Å². The molecule has 7 rings (SSSR count). The van der Waals surface area contributed by atoms with Gasteiger partial charge in [-0.2, -0.15) is 14.6 Å². The summed E-state index contributed by atoms with van der Waals surface area (Å²) in [5, 5.41) is 10.2. The summed E-state index contributed by atoms with van der Waals surface area (Å²) in [6, 6.07) is 7.48. The molecule has 10 heteroatoms. The van der Waals surface area contributed by atoms with Crippen molar-refractivity contribution in [3.05, 3.63) is 45.6 Å². The molecule has 2 bridgehead atoms. The van der Waals surface area contributed by atoms with Crippen molar-refractivity contribution in [1.82, 2.24) is 29.6 Å². The van der Waals surface area contributed by atoms with Crippen LogP contribution in [0.5, 0.6) is 0 Å². The second-order valence-corrected chi connectivity index (χ2v) is 11.7. The molecule has 3 N–H and O–H groups in total. The molecule has 2 aliphatic carbocycles. The average molecular weight is 521 g/mol. The third-order valence-electron chi connectivity index (χ3n) is 8.24. The molecule has 0 amide bonds. The van der Waals surface area contributed by atoms with Crippen molar-refractivity contribution in [3.8, 4) is 5.82 Å². The van der Waals surface area contributed by atoms with E-state index in [1.807, 2.05) is 12.3 Å². The number of nitrogens with zero attached hydrogens (tertiary/aromatic N) is 6. The minimum atomic E-state index is 0.163. The lowest BCUT2D eigenvalue weighted by Crippen LogP contribution is -2.40. The largest absolute Gasteiger partial charge is 0.368 e. The van der Waals surface area contributed by atoms with Crippen LogP contribution in [0.1, 0.15) is 42.4 Å². The van der Waals surface area contributed by atoms with Crippen LogP contribution in [0.25, 0.3) is 16.0 Å². The summed E-state index contributed by atoms with van der Waals surface area (Å²) in [5.41, 5.74) is 12.1. The van der Waals surface area contributed by atoms with E-state index < -0.39 is 0 Å². The van der Waals surface area contributed by atoms with Crippen molar-refractivity contribution < 1.29 is 0 Å². The van der Waals surface area contributed by atoms with Gasteiger partial charge in [-0.1, -0.05) is 6.07 Å². The number of likely N-dealkylation sites (tertiary alicyclic amines) is 1. The molecule has 4 heterocycles. The van der Waals surface area contributed by atoms with Gasteiger partial charge in [-0.25, -0.2) is 4.98 Å². The molecule has 3 atom stereocenters. The number of rotatable bonds is 4. The number of anilines is 3. The molecular formula is C26H29ClN8S. The maximum absolute atomic E-state index is 6.27. The number of halogens is 1. The van der Waals surface area contributed by atoms with Crippen LogP contribution in [0.3, 0.4) is 0 Å². The Morgan fingerprint density at radius 3 is 2.64 bits per heavy atom. The number of hydrogen-bond donors (Lipinski definition) is 2. The van der Waals surface area contributed by atoms with Gasteiger partial charge in [0.05, 0.1) is 10.2 Å². The molecule has 3 unspecified atom stereocenters. The molecule has 3 aliphatic rings. The summed E-state index contributed by atoms with van der Waals surface area (Å²) in [5.74, 6) is 2.79. The first-order valence-corrected chi connectivity index (χ1v) is 14.1. The first-order valence-electron chi connectivity index (χ1n) is 12.8. The molecule has 36 heavy (non-hydrogen) atoms. The Labute approximate surface area is 218 Å². The van der Waals surface area contributed by atoms with Crippen LogP contribution in [-0.4, -0.2) is 48.8 Å². The van der Waals surface area contributed by atoms with E-state index in [4.69, 9.17) is 17.3 Å². The lowest BCUT2D eigenvalue weighted by atomic mass is 9.93. The van der Waals surface area contributed by atoms with Gasteiger partial charge in [0.1, 0.15) is 0 Å². The van der Waals surface area contributed by atoms with Gasteiger partial charge in [-0.3, -0.25) is 4.90 Å². The molecule has 1 aromatic carbocycles. The molecule has 2 fully saturated rings. The Morgan fingerprint density at radius 2 is 1.83 bits per heavy atom. The van der Waals surface area contributed by atoms with Crippen LogP contribution in [-0.2, 0) is 12.8 Å². The number of hydrogen-bond acceptors (Lipinski definition) is 8. The smallest absolute Gasteiger partial charge is 0.248 e. The quantitative estimate of drug-likeness (QED) is 0.359. The van der Waals surface area contributed by atoms with Gasteiger partial charge >= 0.3 is 0 Å². The predicted molar refractivity (Wildman–Crippen MR) is 144 cm³/mol. The van der Waals surface area contributed by atoms with Gasteiger partial charge < -0.3 is 11.1 Å². The summed E-state index contributed by atoms with van der Waals surface area (Å²) >= 11 is 7.76. The van der Waals surface area contributed by atoms with E-state index in [-0.39, 0.29) is 11.2 Å². The average Bonchev–Trinajstić information content (AvgIpc) is 3.62. The molecule has 0 spiro atoms. The van der Waals surface area contributed by atoms with Crippen molar-refractivity contribution in [2.75, 3.05) is 24.1 Å². The highest BCUT2D eigenvalue weighted by atomic mass is 35.5. The first-order chi connectivity index (χ1) is 17.5. The van der Waals surface area contributed by atoms with Gasteiger partial charge in [0.2, 0.25) is 17.2 Å².